The van der Waals surface area contributed by atoms with E-state index in [4.69, 9.17) is 16.3 Å². The third kappa shape index (κ3) is 3.97. The van der Waals surface area contributed by atoms with Gasteiger partial charge in [-0.15, -0.1) is 0 Å². The molecule has 4 rings (SSSR count). The third-order valence-electron chi connectivity index (χ3n) is 4.47. The molecule has 0 spiro atoms. The van der Waals surface area contributed by atoms with Gasteiger partial charge in [0.15, 0.2) is 0 Å². The fraction of sp³-hybridized carbons (Fsp3) is 0.200. The second-order valence-electron chi connectivity index (χ2n) is 6.21. The highest BCUT2D eigenvalue weighted by atomic mass is 35.5. The van der Waals surface area contributed by atoms with E-state index in [0.717, 1.165) is 37.6 Å². The van der Waals surface area contributed by atoms with E-state index in [-0.39, 0.29) is 5.91 Å². The van der Waals surface area contributed by atoms with Crippen molar-refractivity contribution >= 4 is 29.1 Å². The van der Waals surface area contributed by atoms with Crippen LogP contribution >= 0.6 is 11.6 Å². The van der Waals surface area contributed by atoms with Crippen LogP contribution in [0.15, 0.2) is 54.7 Å². The van der Waals surface area contributed by atoms with Gasteiger partial charge >= 0.3 is 0 Å². The molecular weight excluding hydrogens is 364 g/mol. The van der Waals surface area contributed by atoms with E-state index in [1.165, 1.54) is 0 Å². The van der Waals surface area contributed by atoms with Crippen molar-refractivity contribution in [1.29, 1.82) is 0 Å². The summed E-state index contributed by atoms with van der Waals surface area (Å²) >= 11 is 6.20. The van der Waals surface area contributed by atoms with E-state index in [2.05, 4.69) is 20.2 Å². The van der Waals surface area contributed by atoms with E-state index in [0.29, 0.717) is 22.2 Å². The Morgan fingerprint density at radius 2 is 1.85 bits per heavy atom. The highest BCUT2D eigenvalue weighted by Gasteiger charge is 2.14. The summed E-state index contributed by atoms with van der Waals surface area (Å²) in [5.41, 5.74) is 3.15. The number of benzene rings is 2. The number of nitrogens with one attached hydrogen (secondary N) is 2. The number of carbonyl (C=O) groups is 1. The molecule has 2 heterocycles. The number of aromatic nitrogens is 2. The monoisotopic (exact) mass is 382 g/mol. The number of imidazole rings is 1. The van der Waals surface area contributed by atoms with Gasteiger partial charge in [-0.3, -0.25) is 10.1 Å². The number of carbonyl (C=O) groups excluding carboxylic acids is 1. The van der Waals surface area contributed by atoms with Crippen molar-refractivity contribution in [2.24, 2.45) is 0 Å². The molecule has 6 nitrogen and oxygen atoms in total. The van der Waals surface area contributed by atoms with Gasteiger partial charge < -0.3 is 14.6 Å². The minimum atomic E-state index is -0.219. The molecule has 0 unspecified atom stereocenters. The first-order valence-electron chi connectivity index (χ1n) is 8.75. The lowest BCUT2D eigenvalue weighted by molar-refractivity contribution is 0.102. The van der Waals surface area contributed by atoms with Crippen LogP contribution in [0, 0.1) is 0 Å². The Kier molecular flexibility index (Phi) is 5.09. The fourth-order valence-electron chi connectivity index (χ4n) is 3.02. The molecule has 1 aromatic heterocycles. The molecule has 0 saturated carbocycles. The van der Waals surface area contributed by atoms with Crippen LogP contribution in [-0.4, -0.2) is 42.2 Å². The maximum Gasteiger partial charge on any atom is 0.257 e. The molecule has 1 amide bonds. The number of anilines is 2. The van der Waals surface area contributed by atoms with Crippen LogP contribution in [0.25, 0.3) is 11.3 Å². The van der Waals surface area contributed by atoms with Crippen molar-refractivity contribution in [3.63, 3.8) is 0 Å². The fourth-order valence-corrected chi connectivity index (χ4v) is 3.25. The number of H-pyrrole nitrogens is 1. The van der Waals surface area contributed by atoms with Gasteiger partial charge in [0.1, 0.15) is 0 Å². The highest BCUT2D eigenvalue weighted by Crippen LogP contribution is 2.26. The molecule has 7 heteroatoms. The molecule has 1 fully saturated rings. The zero-order chi connectivity index (χ0) is 18.6. The zero-order valence-corrected chi connectivity index (χ0v) is 15.4. The number of hydrogen-bond donors (Lipinski definition) is 2. The lowest BCUT2D eigenvalue weighted by Gasteiger charge is -2.28. The van der Waals surface area contributed by atoms with Crippen LogP contribution in [-0.2, 0) is 4.74 Å². The first kappa shape index (κ1) is 17.6. The number of amides is 1. The van der Waals surface area contributed by atoms with Crippen molar-refractivity contribution in [2.75, 3.05) is 36.5 Å². The van der Waals surface area contributed by atoms with Crippen LogP contribution in [0.4, 0.5) is 11.6 Å². The Balaban J connectivity index is 1.44. The molecular formula is C20H19ClN4O2. The number of rotatable bonds is 4. The first-order valence-corrected chi connectivity index (χ1v) is 9.13. The number of halogens is 1. The number of morpholine rings is 1. The normalized spacial score (nSPS) is 14.2. The van der Waals surface area contributed by atoms with Crippen LogP contribution in [0.3, 0.4) is 0 Å². The highest BCUT2D eigenvalue weighted by molar-refractivity contribution is 6.33. The van der Waals surface area contributed by atoms with Crippen molar-refractivity contribution in [3.05, 3.63) is 65.3 Å². The SMILES string of the molecule is O=C(Nc1nc(-c2ccccc2Cl)c[nH]1)c1ccc(N2CCOCC2)cc1. The van der Waals surface area contributed by atoms with Crippen molar-refractivity contribution in [2.45, 2.75) is 0 Å². The summed E-state index contributed by atoms with van der Waals surface area (Å²) in [5, 5.41) is 3.40. The average molecular weight is 383 g/mol. The van der Waals surface area contributed by atoms with Gasteiger partial charge in [-0.05, 0) is 30.3 Å². The lowest BCUT2D eigenvalue weighted by Crippen LogP contribution is -2.36. The maximum absolute atomic E-state index is 12.5. The molecule has 2 aromatic carbocycles. The molecule has 138 valence electrons. The van der Waals surface area contributed by atoms with Gasteiger partial charge in [-0.1, -0.05) is 29.8 Å². The van der Waals surface area contributed by atoms with E-state index in [9.17, 15) is 4.79 Å². The summed E-state index contributed by atoms with van der Waals surface area (Å²) < 4.78 is 5.37. The quantitative estimate of drug-likeness (QED) is 0.719. The Bertz CT molecular complexity index is 933. The van der Waals surface area contributed by atoms with Gasteiger partial charge in [-0.25, -0.2) is 4.98 Å². The van der Waals surface area contributed by atoms with Gasteiger partial charge in [0, 0.05) is 36.1 Å². The lowest BCUT2D eigenvalue weighted by atomic mass is 10.1. The Morgan fingerprint density at radius 3 is 2.59 bits per heavy atom. The molecule has 3 aromatic rings. The van der Waals surface area contributed by atoms with Gasteiger partial charge in [-0.2, -0.15) is 0 Å². The Morgan fingerprint density at radius 1 is 1.11 bits per heavy atom. The Hall–Kier alpha value is -2.83. The van der Waals surface area contributed by atoms with E-state index in [1.54, 1.807) is 12.3 Å². The minimum Gasteiger partial charge on any atom is -0.378 e. The standard InChI is InChI=1S/C20H19ClN4O2/c21-17-4-2-1-3-16(17)18-13-22-20(23-18)24-19(26)14-5-7-15(8-6-14)25-9-11-27-12-10-25/h1-8,13H,9-12H2,(H2,22,23,24,26). The summed E-state index contributed by atoms with van der Waals surface area (Å²) in [6, 6.07) is 15.0. The predicted octanol–water partition coefficient (Wildman–Crippen LogP) is 3.82. The van der Waals surface area contributed by atoms with Gasteiger partial charge in [0.2, 0.25) is 5.95 Å². The van der Waals surface area contributed by atoms with E-state index < -0.39 is 0 Å². The molecule has 1 saturated heterocycles. The summed E-state index contributed by atoms with van der Waals surface area (Å²) in [6.07, 6.45) is 1.72. The maximum atomic E-state index is 12.5. The largest absolute Gasteiger partial charge is 0.378 e. The topological polar surface area (TPSA) is 70.2 Å². The second kappa shape index (κ2) is 7.82. The summed E-state index contributed by atoms with van der Waals surface area (Å²) in [7, 11) is 0. The molecule has 0 atom stereocenters. The Labute approximate surface area is 162 Å². The van der Waals surface area contributed by atoms with Crippen LogP contribution in [0.1, 0.15) is 10.4 Å². The van der Waals surface area contributed by atoms with Crippen LogP contribution in [0.2, 0.25) is 5.02 Å². The number of hydrogen-bond acceptors (Lipinski definition) is 4. The molecule has 0 bridgehead atoms. The molecule has 1 aliphatic heterocycles. The second-order valence-corrected chi connectivity index (χ2v) is 6.62. The van der Waals surface area contributed by atoms with Gasteiger partial charge in [0.05, 0.1) is 23.9 Å². The number of ether oxygens (including phenoxy) is 1. The van der Waals surface area contributed by atoms with Crippen molar-refractivity contribution in [1.82, 2.24) is 9.97 Å². The molecule has 27 heavy (non-hydrogen) atoms. The zero-order valence-electron chi connectivity index (χ0n) is 14.6. The molecule has 0 aliphatic carbocycles. The molecule has 1 aliphatic rings. The van der Waals surface area contributed by atoms with Crippen LogP contribution in [0.5, 0.6) is 0 Å². The van der Waals surface area contributed by atoms with Crippen molar-refractivity contribution in [3.8, 4) is 11.3 Å². The summed E-state index contributed by atoms with van der Waals surface area (Å²) in [6.45, 7) is 3.19. The van der Waals surface area contributed by atoms with Crippen molar-refractivity contribution < 1.29 is 9.53 Å². The van der Waals surface area contributed by atoms with Gasteiger partial charge in [0.25, 0.3) is 5.91 Å². The summed E-state index contributed by atoms with van der Waals surface area (Å²) in [4.78, 5) is 22.1. The smallest absolute Gasteiger partial charge is 0.257 e. The average Bonchev–Trinajstić information content (AvgIpc) is 3.17. The third-order valence-corrected chi connectivity index (χ3v) is 4.79. The number of nitrogens with zero attached hydrogens (tertiary/aromatic N) is 2. The first-order chi connectivity index (χ1) is 13.2. The predicted molar refractivity (Wildman–Crippen MR) is 106 cm³/mol. The van der Waals surface area contributed by atoms with Crippen LogP contribution < -0.4 is 10.2 Å². The van der Waals surface area contributed by atoms with E-state index >= 15 is 0 Å². The molecule has 0 radical (unpaired) electrons. The molecule has 2 N–H and O–H groups in total. The summed E-state index contributed by atoms with van der Waals surface area (Å²) in [5.74, 6) is 0.163. The minimum absolute atomic E-state index is 0.219. The number of aromatic amines is 1. The van der Waals surface area contributed by atoms with E-state index in [1.807, 2.05) is 42.5 Å².